The van der Waals surface area contributed by atoms with Crippen molar-refractivity contribution in [2.45, 2.75) is 0 Å². The molecule has 4 aliphatic carbocycles. The van der Waals surface area contributed by atoms with Crippen LogP contribution in [0.4, 0.5) is 0 Å². The highest BCUT2D eigenvalue weighted by molar-refractivity contribution is 6.21. The van der Waals surface area contributed by atoms with E-state index in [2.05, 4.69) is 252 Å². The Hall–Kier alpha value is -8.98. The fourth-order valence-corrected chi connectivity index (χ4v) is 13.2. The molecule has 0 N–H and O–H groups in total. The quantitative estimate of drug-likeness (QED) is 0.156. The first-order valence-corrected chi connectivity index (χ1v) is 24.6. The summed E-state index contributed by atoms with van der Waals surface area (Å²) in [7, 11) is 0. The second-order valence-corrected chi connectivity index (χ2v) is 19.5. The standard InChI is InChI=1S/C68H42N2/c1-5-25-55-51(21-1)65(52-22-2-6-26-56(52)67(55)69-59-29-13-9-17-47(59)48-18-10-14-30-60(48)69)45-37-41-33-35-43-39-46(40-44-36-34-42(38-45)63(41)64(43)44)66-53-23-3-7-27-57(53)68(58-28-8-4-24-54(58)66)70-61-31-15-11-19-49(61)50-20-12-16-32-62(50)70/h1-40,63-64H. The van der Waals surface area contributed by atoms with Gasteiger partial charge in [-0.3, -0.25) is 0 Å². The molecule has 2 unspecified atom stereocenters. The lowest BCUT2D eigenvalue weighted by molar-refractivity contribution is 0.566. The molecular weight excluding hydrogens is 845 g/mol. The number of para-hydroxylation sites is 4. The van der Waals surface area contributed by atoms with E-state index >= 15 is 0 Å². The van der Waals surface area contributed by atoms with E-state index in [1.165, 1.54) is 143 Å². The monoisotopic (exact) mass is 886 g/mol. The van der Waals surface area contributed by atoms with Crippen molar-refractivity contribution in [2.24, 2.45) is 11.8 Å². The third-order valence-electron chi connectivity index (χ3n) is 16.0. The van der Waals surface area contributed by atoms with Crippen molar-refractivity contribution < 1.29 is 0 Å². The number of benzene rings is 10. The predicted octanol–water partition coefficient (Wildman–Crippen LogP) is 17.5. The molecule has 10 aromatic carbocycles. The van der Waals surface area contributed by atoms with E-state index in [9.17, 15) is 0 Å². The molecule has 0 radical (unpaired) electrons. The van der Waals surface area contributed by atoms with E-state index in [0.29, 0.717) is 0 Å². The SMILES string of the molecule is C1=CC2=CC(c3c4ccccc4c(-n4c5ccccc5c5ccccc54)c4ccccc34)=CC3=CC=C4C=C(c5c6ccccc6c(-n6c7ccccc7c7ccccc76)c6ccccc56)C=C1C4C32. The van der Waals surface area contributed by atoms with E-state index in [-0.39, 0.29) is 11.8 Å². The molecule has 0 fully saturated rings. The molecule has 4 aliphatic rings. The number of hydrogen-bond acceptors (Lipinski definition) is 0. The molecule has 2 atom stereocenters. The third-order valence-corrected chi connectivity index (χ3v) is 16.0. The molecular formula is C68H42N2. The van der Waals surface area contributed by atoms with Gasteiger partial charge in [-0.15, -0.1) is 0 Å². The van der Waals surface area contributed by atoms with Gasteiger partial charge in [0, 0.05) is 54.9 Å². The van der Waals surface area contributed by atoms with Crippen LogP contribution in [0.5, 0.6) is 0 Å². The Bertz CT molecular complexity index is 4070. The first-order chi connectivity index (χ1) is 34.8. The van der Waals surface area contributed by atoms with Gasteiger partial charge in [0.1, 0.15) is 0 Å². The largest absolute Gasteiger partial charge is 0.308 e. The molecule has 0 spiro atoms. The summed E-state index contributed by atoms with van der Waals surface area (Å²) >= 11 is 0. The molecule has 2 nitrogen and oxygen atoms in total. The van der Waals surface area contributed by atoms with Gasteiger partial charge in [-0.1, -0.05) is 218 Å². The lowest BCUT2D eigenvalue weighted by atomic mass is 9.62. The number of fused-ring (bicyclic) bond motifs is 10. The number of aromatic nitrogens is 2. The lowest BCUT2D eigenvalue weighted by Gasteiger charge is -2.41. The summed E-state index contributed by atoms with van der Waals surface area (Å²) in [5.74, 6) is 0.497. The second-order valence-electron chi connectivity index (χ2n) is 19.5. The predicted molar refractivity (Wildman–Crippen MR) is 296 cm³/mol. The number of rotatable bonds is 4. The van der Waals surface area contributed by atoms with Gasteiger partial charge in [0.15, 0.2) is 0 Å². The van der Waals surface area contributed by atoms with E-state index in [4.69, 9.17) is 0 Å². The highest BCUT2D eigenvalue weighted by atomic mass is 15.0. The van der Waals surface area contributed by atoms with Crippen molar-refractivity contribution in [3.05, 3.63) is 276 Å². The van der Waals surface area contributed by atoms with Crippen LogP contribution in [-0.2, 0) is 0 Å². The maximum absolute atomic E-state index is 2.51. The Morgan fingerprint density at radius 3 is 0.800 bits per heavy atom. The second kappa shape index (κ2) is 14.3. The van der Waals surface area contributed by atoms with E-state index in [1.807, 2.05) is 0 Å². The molecule has 324 valence electrons. The Morgan fingerprint density at radius 2 is 0.500 bits per heavy atom. The molecule has 0 saturated carbocycles. The molecule has 70 heavy (non-hydrogen) atoms. The summed E-state index contributed by atoms with van der Waals surface area (Å²) < 4.78 is 5.01. The Labute approximate surface area is 404 Å². The summed E-state index contributed by atoms with van der Waals surface area (Å²) in [6.45, 7) is 0. The summed E-state index contributed by atoms with van der Waals surface area (Å²) in [6.07, 6.45) is 19.7. The molecule has 2 aromatic heterocycles. The molecule has 0 saturated heterocycles. The third kappa shape index (κ3) is 5.12. The molecule has 12 aromatic rings. The highest BCUT2D eigenvalue weighted by Gasteiger charge is 2.39. The number of allylic oxidation sites excluding steroid dienone is 14. The minimum atomic E-state index is 0.248. The van der Waals surface area contributed by atoms with Crippen LogP contribution >= 0.6 is 0 Å². The molecule has 0 bridgehead atoms. The first-order valence-electron chi connectivity index (χ1n) is 24.6. The van der Waals surface area contributed by atoms with Crippen molar-refractivity contribution >= 4 is 97.8 Å². The smallest absolute Gasteiger partial charge is 0.0619 e. The summed E-state index contributed by atoms with van der Waals surface area (Å²) in [6, 6.07) is 71.7. The molecule has 16 rings (SSSR count). The Morgan fingerprint density at radius 1 is 0.243 bits per heavy atom. The molecule has 2 heteroatoms. The van der Waals surface area contributed by atoms with Gasteiger partial charge in [-0.25, -0.2) is 0 Å². The van der Waals surface area contributed by atoms with Gasteiger partial charge in [-0.05, 0) is 90.4 Å². The van der Waals surface area contributed by atoms with Crippen LogP contribution in [0, 0.1) is 11.8 Å². The van der Waals surface area contributed by atoms with Crippen LogP contribution in [0.3, 0.4) is 0 Å². The topological polar surface area (TPSA) is 9.86 Å². The van der Waals surface area contributed by atoms with Gasteiger partial charge in [0.2, 0.25) is 0 Å². The zero-order valence-corrected chi connectivity index (χ0v) is 38.1. The first kappa shape index (κ1) is 38.0. The molecule has 2 heterocycles. The minimum absolute atomic E-state index is 0.248. The lowest BCUT2D eigenvalue weighted by Crippen LogP contribution is -2.29. The van der Waals surface area contributed by atoms with E-state index < -0.39 is 0 Å². The average Bonchev–Trinajstić information content (AvgIpc) is 3.93. The molecule has 0 amide bonds. The van der Waals surface area contributed by atoms with Gasteiger partial charge >= 0.3 is 0 Å². The van der Waals surface area contributed by atoms with Crippen LogP contribution < -0.4 is 0 Å². The van der Waals surface area contributed by atoms with E-state index in [0.717, 1.165) is 0 Å². The zero-order chi connectivity index (χ0) is 45.6. The van der Waals surface area contributed by atoms with Crippen molar-refractivity contribution in [3.8, 4) is 11.4 Å². The van der Waals surface area contributed by atoms with Crippen LogP contribution in [0.15, 0.2) is 265 Å². The fourth-order valence-electron chi connectivity index (χ4n) is 13.2. The number of nitrogens with zero attached hydrogens (tertiary/aromatic N) is 2. The van der Waals surface area contributed by atoms with Crippen LogP contribution in [0.2, 0.25) is 0 Å². The minimum Gasteiger partial charge on any atom is -0.308 e. The average molecular weight is 887 g/mol. The van der Waals surface area contributed by atoms with Crippen molar-refractivity contribution in [1.82, 2.24) is 9.13 Å². The van der Waals surface area contributed by atoms with Gasteiger partial charge < -0.3 is 9.13 Å². The summed E-state index contributed by atoms with van der Waals surface area (Å²) in [4.78, 5) is 0. The fraction of sp³-hybridized carbons (Fsp3) is 0.0294. The van der Waals surface area contributed by atoms with Gasteiger partial charge in [0.25, 0.3) is 0 Å². The van der Waals surface area contributed by atoms with Crippen LogP contribution in [0.25, 0.3) is 109 Å². The van der Waals surface area contributed by atoms with Gasteiger partial charge in [0.05, 0.1) is 33.4 Å². The molecule has 0 aliphatic heterocycles. The summed E-state index contributed by atoms with van der Waals surface area (Å²) in [5.41, 5.74) is 18.0. The van der Waals surface area contributed by atoms with E-state index in [1.54, 1.807) is 0 Å². The zero-order valence-electron chi connectivity index (χ0n) is 38.1. The van der Waals surface area contributed by atoms with Crippen LogP contribution in [0.1, 0.15) is 11.1 Å². The van der Waals surface area contributed by atoms with Crippen molar-refractivity contribution in [3.63, 3.8) is 0 Å². The van der Waals surface area contributed by atoms with Crippen LogP contribution in [-0.4, -0.2) is 9.13 Å². The highest BCUT2D eigenvalue weighted by Crippen LogP contribution is 2.54. The Balaban J connectivity index is 0.878. The van der Waals surface area contributed by atoms with Crippen molar-refractivity contribution in [2.75, 3.05) is 0 Å². The Kier molecular flexibility index (Phi) is 7.76. The maximum Gasteiger partial charge on any atom is 0.0619 e. The normalized spacial score (nSPS) is 17.3. The number of hydrogen-bond donors (Lipinski definition) is 0. The maximum atomic E-state index is 2.51. The van der Waals surface area contributed by atoms with Gasteiger partial charge in [-0.2, -0.15) is 0 Å². The summed E-state index contributed by atoms with van der Waals surface area (Å²) in [5, 5.41) is 15.2. The van der Waals surface area contributed by atoms with Crippen molar-refractivity contribution in [1.29, 1.82) is 0 Å².